The van der Waals surface area contributed by atoms with Crippen LogP contribution in [-0.2, 0) is 4.43 Å². The van der Waals surface area contributed by atoms with Crippen LogP contribution in [0, 0.1) is 0 Å². The second-order valence-electron chi connectivity index (χ2n) is 5.53. The predicted octanol–water partition coefficient (Wildman–Crippen LogP) is 4.51. The summed E-state index contributed by atoms with van der Waals surface area (Å²) in [5.74, 6) is 0. The monoisotopic (exact) mass is 226 g/mol. The highest BCUT2D eigenvalue weighted by atomic mass is 28.4. The lowest BCUT2D eigenvalue weighted by Gasteiger charge is -2.34. The van der Waals surface area contributed by atoms with Crippen molar-refractivity contribution < 1.29 is 4.43 Å². The normalized spacial score (nSPS) is 18.9. The summed E-state index contributed by atoms with van der Waals surface area (Å²) in [6.45, 7) is 9.89. The van der Waals surface area contributed by atoms with Crippen molar-refractivity contribution in [2.75, 3.05) is 6.61 Å². The fraction of sp³-hybridized carbons (Fsp3) is 0.846. The average Bonchev–Trinajstić information content (AvgIpc) is 2.18. The van der Waals surface area contributed by atoms with Crippen LogP contribution in [0.25, 0.3) is 0 Å². The van der Waals surface area contributed by atoms with E-state index in [1.807, 2.05) is 0 Å². The van der Waals surface area contributed by atoms with E-state index in [2.05, 4.69) is 33.0 Å². The highest BCUT2D eigenvalue weighted by Crippen LogP contribution is 2.37. The van der Waals surface area contributed by atoms with E-state index in [0.717, 1.165) is 12.1 Å². The van der Waals surface area contributed by atoms with Gasteiger partial charge >= 0.3 is 0 Å². The summed E-state index contributed by atoms with van der Waals surface area (Å²) in [6, 6.07) is 0. The van der Waals surface area contributed by atoms with Gasteiger partial charge in [0.05, 0.1) is 6.61 Å². The quantitative estimate of drug-likeness (QED) is 0.506. The summed E-state index contributed by atoms with van der Waals surface area (Å²) in [4.78, 5) is 0. The van der Waals surface area contributed by atoms with Crippen molar-refractivity contribution in [3.63, 3.8) is 0 Å². The summed E-state index contributed by atoms with van der Waals surface area (Å²) < 4.78 is 6.14. The summed E-state index contributed by atoms with van der Waals surface area (Å²) >= 11 is 0. The van der Waals surface area contributed by atoms with Gasteiger partial charge in [0.15, 0.2) is 8.32 Å². The van der Waals surface area contributed by atoms with Gasteiger partial charge in [-0.25, -0.2) is 0 Å². The van der Waals surface area contributed by atoms with Gasteiger partial charge < -0.3 is 4.43 Å². The van der Waals surface area contributed by atoms with Crippen LogP contribution in [0.1, 0.15) is 46.0 Å². The number of allylic oxidation sites excluding steroid dienone is 1. The Kier molecular flexibility index (Phi) is 5.07. The van der Waals surface area contributed by atoms with Gasteiger partial charge in [0.25, 0.3) is 0 Å². The van der Waals surface area contributed by atoms with Gasteiger partial charge in [-0.3, -0.25) is 0 Å². The van der Waals surface area contributed by atoms with Gasteiger partial charge in [-0.15, -0.1) is 0 Å². The average molecular weight is 226 g/mol. The van der Waals surface area contributed by atoms with E-state index in [0.29, 0.717) is 0 Å². The van der Waals surface area contributed by atoms with E-state index in [1.54, 1.807) is 0 Å². The van der Waals surface area contributed by atoms with Crippen molar-refractivity contribution in [3.8, 4) is 0 Å². The molecule has 0 amide bonds. The minimum absolute atomic E-state index is 0.831. The van der Waals surface area contributed by atoms with Crippen LogP contribution in [0.3, 0.4) is 0 Å². The Morgan fingerprint density at radius 3 is 2.33 bits per heavy atom. The van der Waals surface area contributed by atoms with E-state index in [9.17, 15) is 0 Å². The van der Waals surface area contributed by atoms with Gasteiger partial charge in [0.2, 0.25) is 0 Å². The Balaban J connectivity index is 2.38. The van der Waals surface area contributed by atoms with E-state index in [-0.39, 0.29) is 0 Å². The zero-order valence-corrected chi connectivity index (χ0v) is 11.8. The minimum Gasteiger partial charge on any atom is -0.413 e. The Morgan fingerprint density at radius 1 is 1.20 bits per heavy atom. The predicted molar refractivity (Wildman–Crippen MR) is 69.7 cm³/mol. The minimum atomic E-state index is -1.41. The first kappa shape index (κ1) is 13.0. The number of hydrogen-bond donors (Lipinski definition) is 0. The van der Waals surface area contributed by atoms with Crippen molar-refractivity contribution in [2.45, 2.75) is 64.6 Å². The zero-order chi connectivity index (χ0) is 11.3. The van der Waals surface area contributed by atoms with Gasteiger partial charge in [-0.1, -0.05) is 43.8 Å². The van der Waals surface area contributed by atoms with Gasteiger partial charge in [-0.2, -0.15) is 0 Å². The lowest BCUT2D eigenvalue weighted by atomic mass is 10.0. The molecule has 0 aliphatic heterocycles. The molecule has 0 spiro atoms. The third-order valence-electron chi connectivity index (χ3n) is 3.54. The smallest absolute Gasteiger partial charge is 0.190 e. The molecule has 88 valence electrons. The molecule has 15 heavy (non-hydrogen) atoms. The van der Waals surface area contributed by atoms with Crippen LogP contribution < -0.4 is 0 Å². The van der Waals surface area contributed by atoms with Gasteiger partial charge in [0.1, 0.15) is 0 Å². The van der Waals surface area contributed by atoms with E-state index in [4.69, 9.17) is 4.43 Å². The molecule has 0 N–H and O–H groups in total. The Hall–Kier alpha value is -0.0831. The Labute approximate surface area is 96.0 Å². The van der Waals surface area contributed by atoms with Crippen molar-refractivity contribution in [2.24, 2.45) is 0 Å². The molecular weight excluding hydrogens is 200 g/mol. The largest absolute Gasteiger partial charge is 0.413 e. The van der Waals surface area contributed by atoms with Crippen molar-refractivity contribution in [1.29, 1.82) is 0 Å². The molecule has 2 heteroatoms. The number of rotatable bonds is 4. The lowest BCUT2D eigenvalue weighted by Crippen LogP contribution is -2.37. The lowest BCUT2D eigenvalue weighted by molar-refractivity contribution is 0.323. The highest BCUT2D eigenvalue weighted by Gasteiger charge is 2.33. The molecule has 0 radical (unpaired) electrons. The van der Waals surface area contributed by atoms with Gasteiger partial charge in [0, 0.05) is 0 Å². The first-order valence-electron chi connectivity index (χ1n) is 6.29. The molecule has 0 aromatic heterocycles. The summed E-state index contributed by atoms with van der Waals surface area (Å²) in [5.41, 5.74) is 2.26. The highest BCUT2D eigenvalue weighted by molar-refractivity contribution is 6.72. The third kappa shape index (κ3) is 4.52. The third-order valence-corrected chi connectivity index (χ3v) is 6.99. The molecule has 0 heterocycles. The first-order chi connectivity index (χ1) is 7.02. The molecule has 0 aromatic carbocycles. The maximum absolute atomic E-state index is 6.14. The molecular formula is C13H26OSi. The SMILES string of the molecule is CC(C)=CCO[Si](C)(C)C1CCCCC1. The van der Waals surface area contributed by atoms with Crippen LogP contribution in [0.4, 0.5) is 0 Å². The molecule has 0 saturated heterocycles. The van der Waals surface area contributed by atoms with E-state index in [1.165, 1.54) is 37.7 Å². The Bertz CT molecular complexity index is 211. The molecule has 0 atom stereocenters. The fourth-order valence-electron chi connectivity index (χ4n) is 2.34. The molecule has 1 aliphatic carbocycles. The van der Waals surface area contributed by atoms with Crippen LogP contribution in [0.5, 0.6) is 0 Å². The Morgan fingerprint density at radius 2 is 1.80 bits per heavy atom. The summed E-state index contributed by atoms with van der Waals surface area (Å²) in [5, 5.41) is 0. The van der Waals surface area contributed by atoms with E-state index < -0.39 is 8.32 Å². The number of hydrogen-bond acceptors (Lipinski definition) is 1. The van der Waals surface area contributed by atoms with Crippen molar-refractivity contribution >= 4 is 8.32 Å². The van der Waals surface area contributed by atoms with Crippen molar-refractivity contribution in [1.82, 2.24) is 0 Å². The molecule has 1 nitrogen and oxygen atoms in total. The second kappa shape index (κ2) is 5.85. The van der Waals surface area contributed by atoms with Crippen LogP contribution in [-0.4, -0.2) is 14.9 Å². The first-order valence-corrected chi connectivity index (χ1v) is 9.28. The molecule has 1 saturated carbocycles. The fourth-order valence-corrected chi connectivity index (χ4v) is 4.89. The topological polar surface area (TPSA) is 9.23 Å². The summed E-state index contributed by atoms with van der Waals surface area (Å²) in [6.07, 6.45) is 9.31. The maximum atomic E-state index is 6.14. The van der Waals surface area contributed by atoms with Crippen LogP contribution in [0.15, 0.2) is 11.6 Å². The molecule has 1 fully saturated rings. The van der Waals surface area contributed by atoms with E-state index >= 15 is 0 Å². The van der Waals surface area contributed by atoms with Crippen molar-refractivity contribution in [3.05, 3.63) is 11.6 Å². The zero-order valence-electron chi connectivity index (χ0n) is 10.8. The molecule has 0 aromatic rings. The molecule has 0 bridgehead atoms. The standard InChI is InChI=1S/C13H26OSi/c1-12(2)10-11-14-15(3,4)13-8-6-5-7-9-13/h10,13H,5-9,11H2,1-4H3. The second-order valence-corrected chi connectivity index (χ2v) is 9.84. The maximum Gasteiger partial charge on any atom is 0.190 e. The van der Waals surface area contributed by atoms with Gasteiger partial charge in [-0.05, 0) is 32.5 Å². The molecule has 0 unspecified atom stereocenters. The molecule has 1 rings (SSSR count). The van der Waals surface area contributed by atoms with Crippen LogP contribution >= 0.6 is 0 Å². The summed E-state index contributed by atoms with van der Waals surface area (Å²) in [7, 11) is -1.41. The van der Waals surface area contributed by atoms with Crippen LogP contribution in [0.2, 0.25) is 18.6 Å². The molecule has 1 aliphatic rings.